The molecule has 0 bridgehead atoms. The number of nitrogens with one attached hydrogen (secondary N) is 2. The summed E-state index contributed by atoms with van der Waals surface area (Å²) < 4.78 is 0. The number of carbonyl (C=O) groups excluding carboxylic acids is 2. The highest BCUT2D eigenvalue weighted by Crippen LogP contribution is 2.19. The normalized spacial score (nSPS) is 10.7. The van der Waals surface area contributed by atoms with Crippen LogP contribution in [-0.2, 0) is 41.8 Å². The molecular formula is C27H29N7O2S. The highest BCUT2D eigenvalue weighted by atomic mass is 32.1. The standard InChI is InChI=1S/C27H29N7O2S/c28-18-21-11-5-4-10-20(21)17-25(36)30-27-34-33-26(37-27)13-7-6-12-22-14-15-23(32-31-22)29-24(35)16-19-8-2-1-3-9-19/h1-5,8-11,14-15H,6-7,12-13,16-18,28H2,(H,29,32,35)(H,30,34,36). The minimum absolute atomic E-state index is 0.124. The molecule has 37 heavy (non-hydrogen) atoms. The van der Waals surface area contributed by atoms with Crippen LogP contribution in [0.15, 0.2) is 66.7 Å². The van der Waals surface area contributed by atoms with Gasteiger partial charge in [-0.15, -0.1) is 15.3 Å². The third-order valence-corrected chi connectivity index (χ3v) is 6.57. The number of benzene rings is 2. The zero-order chi connectivity index (χ0) is 25.9. The number of nitrogens with zero attached hydrogens (tertiary/aromatic N) is 4. The molecule has 9 nitrogen and oxygen atoms in total. The number of anilines is 2. The third kappa shape index (κ3) is 8.26. The maximum absolute atomic E-state index is 12.4. The quantitative estimate of drug-likeness (QED) is 0.245. The van der Waals surface area contributed by atoms with Crippen molar-refractivity contribution in [1.29, 1.82) is 0 Å². The molecule has 0 aliphatic carbocycles. The van der Waals surface area contributed by atoms with Crippen molar-refractivity contribution in [2.75, 3.05) is 10.6 Å². The highest BCUT2D eigenvalue weighted by molar-refractivity contribution is 7.15. The summed E-state index contributed by atoms with van der Waals surface area (Å²) in [5.41, 5.74) is 9.44. The minimum atomic E-state index is -0.137. The second-order valence-electron chi connectivity index (χ2n) is 8.53. The molecule has 0 unspecified atom stereocenters. The second kappa shape index (κ2) is 13.3. The van der Waals surface area contributed by atoms with Crippen molar-refractivity contribution in [2.45, 2.75) is 45.1 Å². The Morgan fingerprint density at radius 3 is 2.22 bits per heavy atom. The Bertz CT molecular complexity index is 1310. The van der Waals surface area contributed by atoms with Crippen molar-refractivity contribution in [3.63, 3.8) is 0 Å². The molecule has 4 N–H and O–H groups in total. The summed E-state index contributed by atoms with van der Waals surface area (Å²) in [6.45, 7) is 0.396. The topological polar surface area (TPSA) is 136 Å². The van der Waals surface area contributed by atoms with E-state index in [1.165, 1.54) is 11.3 Å². The number of unbranched alkanes of at least 4 members (excludes halogenated alkanes) is 1. The second-order valence-corrected chi connectivity index (χ2v) is 9.59. The summed E-state index contributed by atoms with van der Waals surface area (Å²) in [7, 11) is 0. The first-order valence-electron chi connectivity index (χ1n) is 12.1. The van der Waals surface area contributed by atoms with E-state index in [4.69, 9.17) is 5.73 Å². The van der Waals surface area contributed by atoms with E-state index >= 15 is 0 Å². The first kappa shape index (κ1) is 26.1. The number of carbonyl (C=O) groups is 2. The molecule has 190 valence electrons. The first-order chi connectivity index (χ1) is 18.1. The SMILES string of the molecule is NCc1ccccc1CC(=O)Nc1nnc(CCCCc2ccc(NC(=O)Cc3ccccc3)nn2)s1. The monoisotopic (exact) mass is 515 g/mol. The molecule has 2 aromatic carbocycles. The number of amides is 2. The Hall–Kier alpha value is -4.02. The van der Waals surface area contributed by atoms with Gasteiger partial charge in [0.15, 0.2) is 5.82 Å². The van der Waals surface area contributed by atoms with Gasteiger partial charge in [-0.2, -0.15) is 5.10 Å². The number of rotatable bonds is 12. The number of aryl methyl sites for hydroxylation is 2. The van der Waals surface area contributed by atoms with Gasteiger partial charge >= 0.3 is 0 Å². The largest absolute Gasteiger partial charge is 0.326 e. The Morgan fingerprint density at radius 2 is 1.46 bits per heavy atom. The van der Waals surface area contributed by atoms with E-state index in [1.807, 2.05) is 60.7 Å². The summed E-state index contributed by atoms with van der Waals surface area (Å²) in [5.74, 6) is 0.183. The van der Waals surface area contributed by atoms with Crippen LogP contribution in [0.5, 0.6) is 0 Å². The van der Waals surface area contributed by atoms with E-state index in [0.717, 1.165) is 53.1 Å². The molecule has 0 saturated carbocycles. The lowest BCUT2D eigenvalue weighted by Crippen LogP contribution is -2.16. The minimum Gasteiger partial charge on any atom is -0.326 e. The first-order valence-corrected chi connectivity index (χ1v) is 13.0. The molecule has 4 rings (SSSR count). The number of aromatic nitrogens is 4. The molecule has 10 heteroatoms. The molecule has 0 atom stereocenters. The molecule has 0 radical (unpaired) electrons. The van der Waals surface area contributed by atoms with Gasteiger partial charge < -0.3 is 16.4 Å². The summed E-state index contributed by atoms with van der Waals surface area (Å²) in [5, 5.41) is 23.6. The van der Waals surface area contributed by atoms with Crippen molar-refractivity contribution in [2.24, 2.45) is 5.73 Å². The maximum atomic E-state index is 12.4. The van der Waals surface area contributed by atoms with Gasteiger partial charge in [0.05, 0.1) is 18.5 Å². The van der Waals surface area contributed by atoms with Crippen molar-refractivity contribution in [3.05, 3.63) is 94.1 Å². The van der Waals surface area contributed by atoms with E-state index in [1.54, 1.807) is 6.07 Å². The lowest BCUT2D eigenvalue weighted by atomic mass is 10.0. The van der Waals surface area contributed by atoms with Gasteiger partial charge in [-0.3, -0.25) is 9.59 Å². The molecule has 0 aliphatic heterocycles. The lowest BCUT2D eigenvalue weighted by molar-refractivity contribution is -0.116. The average molecular weight is 516 g/mol. The van der Waals surface area contributed by atoms with Crippen LogP contribution in [0.3, 0.4) is 0 Å². The molecule has 0 spiro atoms. The molecule has 2 amide bonds. The van der Waals surface area contributed by atoms with Crippen LogP contribution in [0, 0.1) is 0 Å². The highest BCUT2D eigenvalue weighted by Gasteiger charge is 2.11. The average Bonchev–Trinajstić information content (AvgIpc) is 3.35. The Morgan fingerprint density at radius 1 is 0.730 bits per heavy atom. The molecule has 0 aliphatic rings. The van der Waals surface area contributed by atoms with Gasteiger partial charge in [0.25, 0.3) is 0 Å². The fourth-order valence-corrected chi connectivity index (χ4v) is 4.58. The third-order valence-electron chi connectivity index (χ3n) is 5.67. The van der Waals surface area contributed by atoms with E-state index in [0.29, 0.717) is 23.9 Å². The van der Waals surface area contributed by atoms with Crippen LogP contribution in [0.25, 0.3) is 0 Å². The molecular weight excluding hydrogens is 486 g/mol. The van der Waals surface area contributed by atoms with Gasteiger partial charge in [-0.1, -0.05) is 65.9 Å². The molecule has 2 heterocycles. The molecule has 2 aromatic heterocycles. The van der Waals surface area contributed by atoms with Gasteiger partial charge in [-0.25, -0.2) is 0 Å². The van der Waals surface area contributed by atoms with Crippen molar-refractivity contribution in [3.8, 4) is 0 Å². The Kier molecular flexibility index (Phi) is 9.39. The fraction of sp³-hybridized carbons (Fsp3) is 0.259. The maximum Gasteiger partial charge on any atom is 0.230 e. The zero-order valence-corrected chi connectivity index (χ0v) is 21.2. The van der Waals surface area contributed by atoms with Crippen LogP contribution < -0.4 is 16.4 Å². The van der Waals surface area contributed by atoms with Crippen molar-refractivity contribution >= 4 is 34.1 Å². The summed E-state index contributed by atoms with van der Waals surface area (Å²) >= 11 is 1.39. The van der Waals surface area contributed by atoms with E-state index in [-0.39, 0.29) is 18.2 Å². The zero-order valence-electron chi connectivity index (χ0n) is 20.4. The lowest BCUT2D eigenvalue weighted by Gasteiger charge is -2.06. The van der Waals surface area contributed by atoms with Crippen molar-refractivity contribution in [1.82, 2.24) is 20.4 Å². The van der Waals surface area contributed by atoms with Gasteiger partial charge in [0.2, 0.25) is 16.9 Å². The fourth-order valence-electron chi connectivity index (χ4n) is 3.78. The predicted octanol–water partition coefficient (Wildman–Crippen LogP) is 3.71. The number of nitrogens with two attached hydrogens (primary N) is 1. The van der Waals surface area contributed by atoms with Crippen LogP contribution >= 0.6 is 11.3 Å². The molecule has 4 aromatic rings. The smallest absolute Gasteiger partial charge is 0.230 e. The van der Waals surface area contributed by atoms with Crippen LogP contribution in [-0.4, -0.2) is 32.2 Å². The number of hydrogen-bond donors (Lipinski definition) is 3. The van der Waals surface area contributed by atoms with Crippen LogP contribution in [0.4, 0.5) is 10.9 Å². The predicted molar refractivity (Wildman–Crippen MR) is 144 cm³/mol. The van der Waals surface area contributed by atoms with E-state index in [9.17, 15) is 9.59 Å². The van der Waals surface area contributed by atoms with E-state index < -0.39 is 0 Å². The van der Waals surface area contributed by atoms with Gasteiger partial charge in [-0.05, 0) is 48.1 Å². The van der Waals surface area contributed by atoms with Crippen LogP contribution in [0.1, 0.15) is 40.2 Å². The summed E-state index contributed by atoms with van der Waals surface area (Å²) in [6, 6.07) is 20.9. The molecule has 0 saturated heterocycles. The van der Waals surface area contributed by atoms with Crippen molar-refractivity contribution < 1.29 is 9.59 Å². The summed E-state index contributed by atoms with van der Waals surface area (Å²) in [4.78, 5) is 24.6. The van der Waals surface area contributed by atoms with E-state index in [2.05, 4.69) is 31.0 Å². The van der Waals surface area contributed by atoms with Gasteiger partial charge in [0, 0.05) is 13.0 Å². The Balaban J connectivity index is 1.16. The van der Waals surface area contributed by atoms with Gasteiger partial charge in [0.1, 0.15) is 5.01 Å². The van der Waals surface area contributed by atoms with Crippen LogP contribution in [0.2, 0.25) is 0 Å². The summed E-state index contributed by atoms with van der Waals surface area (Å²) in [6.07, 6.45) is 3.90. The Labute approximate surface area is 219 Å². The number of hydrogen-bond acceptors (Lipinski definition) is 8. The molecule has 0 fully saturated rings.